The van der Waals surface area contributed by atoms with Gasteiger partial charge in [-0.25, -0.2) is 8.78 Å². The van der Waals surface area contributed by atoms with Crippen LogP contribution in [0.5, 0.6) is 0 Å². The van der Waals surface area contributed by atoms with Gasteiger partial charge < -0.3 is 10.2 Å². The molecule has 4 rings (SSSR count). The first-order valence-corrected chi connectivity index (χ1v) is 9.25. The summed E-state index contributed by atoms with van der Waals surface area (Å²) in [6.45, 7) is 3.26. The van der Waals surface area contributed by atoms with Crippen molar-refractivity contribution in [3.05, 3.63) is 65.1 Å². The van der Waals surface area contributed by atoms with E-state index in [2.05, 4.69) is 30.6 Å². The zero-order valence-corrected chi connectivity index (χ0v) is 16.8. The van der Waals surface area contributed by atoms with Gasteiger partial charge >= 0.3 is 6.43 Å². The van der Waals surface area contributed by atoms with Gasteiger partial charge in [0.15, 0.2) is 5.82 Å². The molecule has 2 N–H and O–H groups in total. The van der Waals surface area contributed by atoms with Crippen LogP contribution in [0, 0.1) is 11.6 Å². The molecule has 13 heteroatoms. The van der Waals surface area contributed by atoms with Crippen molar-refractivity contribution in [3.8, 4) is 11.5 Å². The number of benzene rings is 1. The van der Waals surface area contributed by atoms with Gasteiger partial charge in [0.1, 0.15) is 11.6 Å². The van der Waals surface area contributed by atoms with Crippen LogP contribution < -0.4 is 5.73 Å². The maximum atomic E-state index is 14.6. The summed E-state index contributed by atoms with van der Waals surface area (Å²) in [4.78, 5) is 5.31. The molecule has 3 heterocycles. The van der Waals surface area contributed by atoms with Crippen LogP contribution in [0.15, 0.2) is 34.9 Å². The van der Waals surface area contributed by atoms with Crippen molar-refractivity contribution >= 4 is 5.69 Å². The van der Waals surface area contributed by atoms with Crippen molar-refractivity contribution < 1.29 is 22.0 Å². The number of anilines is 1. The highest BCUT2D eigenvalue weighted by molar-refractivity contribution is 5.54. The summed E-state index contributed by atoms with van der Waals surface area (Å²) in [5.41, 5.74) is 5.62. The van der Waals surface area contributed by atoms with Gasteiger partial charge in [0, 0.05) is 23.0 Å². The quantitative estimate of drug-likeness (QED) is 0.446. The maximum Gasteiger partial charge on any atom is 0.314 e. The number of nitrogens with two attached hydrogens (primary N) is 1. The number of hydrogen-bond acceptors (Lipinski definition) is 8. The number of aromatic nitrogens is 7. The number of rotatable bonds is 6. The van der Waals surface area contributed by atoms with E-state index < -0.39 is 35.3 Å². The minimum Gasteiger partial charge on any atom is -0.415 e. The maximum absolute atomic E-state index is 14.6. The summed E-state index contributed by atoms with van der Waals surface area (Å²) in [5, 5.41) is 18.6. The van der Waals surface area contributed by atoms with Gasteiger partial charge in [-0.15, -0.1) is 20.4 Å². The number of nitrogens with zero attached hydrogens (tertiary/aromatic N) is 7. The van der Waals surface area contributed by atoms with Crippen molar-refractivity contribution in [2.75, 3.05) is 5.73 Å². The average molecular weight is 448 g/mol. The summed E-state index contributed by atoms with van der Waals surface area (Å²) in [7, 11) is 0. The predicted octanol–water partition coefficient (Wildman–Crippen LogP) is 3.29. The molecule has 0 amide bonds. The van der Waals surface area contributed by atoms with E-state index in [0.29, 0.717) is 11.4 Å². The molecule has 32 heavy (non-hydrogen) atoms. The van der Waals surface area contributed by atoms with Crippen LogP contribution in [0.1, 0.15) is 43.2 Å². The van der Waals surface area contributed by atoms with Crippen LogP contribution in [-0.4, -0.2) is 35.4 Å². The largest absolute Gasteiger partial charge is 0.415 e. The van der Waals surface area contributed by atoms with E-state index in [1.165, 1.54) is 0 Å². The van der Waals surface area contributed by atoms with E-state index in [4.69, 9.17) is 10.2 Å². The van der Waals surface area contributed by atoms with Crippen LogP contribution >= 0.6 is 0 Å². The molecule has 0 saturated heterocycles. The van der Waals surface area contributed by atoms with Crippen LogP contribution in [0.2, 0.25) is 0 Å². The normalized spacial score (nSPS) is 12.0. The predicted molar refractivity (Wildman–Crippen MR) is 102 cm³/mol. The number of halogens is 4. The van der Waals surface area contributed by atoms with E-state index in [1.807, 2.05) is 13.8 Å². The van der Waals surface area contributed by atoms with Gasteiger partial charge in [0.2, 0.25) is 5.89 Å². The molecule has 9 nitrogen and oxygen atoms in total. The summed E-state index contributed by atoms with van der Waals surface area (Å²) >= 11 is 0. The fraction of sp³-hybridized carbons (Fsp3) is 0.263. The van der Waals surface area contributed by atoms with Crippen molar-refractivity contribution in [3.63, 3.8) is 0 Å². The molecule has 0 unspecified atom stereocenters. The number of pyridine rings is 1. The summed E-state index contributed by atoms with van der Waals surface area (Å²) in [6.07, 6.45) is -1.44. The zero-order valence-electron chi connectivity index (χ0n) is 16.8. The van der Waals surface area contributed by atoms with E-state index in [0.717, 1.165) is 16.9 Å². The van der Waals surface area contributed by atoms with Crippen LogP contribution in [0.25, 0.3) is 11.5 Å². The molecule has 0 bridgehead atoms. The molecule has 0 atom stereocenters. The molecular weight excluding hydrogens is 432 g/mol. The molecule has 0 spiro atoms. The molecule has 0 aliphatic rings. The highest BCUT2D eigenvalue weighted by Gasteiger charge is 2.30. The lowest BCUT2D eigenvalue weighted by Gasteiger charge is -2.19. The van der Waals surface area contributed by atoms with E-state index >= 15 is 0 Å². The minimum atomic E-state index is -3.00. The number of hydrogen-bond donors (Lipinski definition) is 1. The lowest BCUT2D eigenvalue weighted by atomic mass is 9.88. The van der Waals surface area contributed by atoms with Gasteiger partial charge in [0.05, 0.1) is 17.7 Å². The fourth-order valence-corrected chi connectivity index (χ4v) is 2.92. The Balaban J connectivity index is 1.59. The van der Waals surface area contributed by atoms with E-state index in [9.17, 15) is 17.6 Å². The number of nitrogen functional groups attached to an aromatic ring is 1. The monoisotopic (exact) mass is 448 g/mol. The van der Waals surface area contributed by atoms with E-state index in [1.54, 1.807) is 18.3 Å². The highest BCUT2D eigenvalue weighted by Crippen LogP contribution is 2.29. The Kier molecular flexibility index (Phi) is 5.32. The molecule has 4 aromatic rings. The minimum absolute atomic E-state index is 0.177. The lowest BCUT2D eigenvalue weighted by molar-refractivity contribution is 0.116. The summed E-state index contributed by atoms with van der Waals surface area (Å²) < 4.78 is 59.1. The number of alkyl halides is 2. The molecule has 0 radical (unpaired) electrons. The Bertz CT molecular complexity index is 1250. The second-order valence-electron chi connectivity index (χ2n) is 7.41. The average Bonchev–Trinajstić information content (AvgIpc) is 3.41. The summed E-state index contributed by atoms with van der Waals surface area (Å²) in [6, 6.07) is 5.12. The lowest BCUT2D eigenvalue weighted by Crippen LogP contribution is -2.23. The first kappa shape index (κ1) is 21.3. The van der Waals surface area contributed by atoms with Crippen LogP contribution in [-0.2, 0) is 12.0 Å². The third kappa shape index (κ3) is 4.00. The van der Waals surface area contributed by atoms with Gasteiger partial charge in [0.25, 0.3) is 5.89 Å². The van der Waals surface area contributed by atoms with Gasteiger partial charge in [-0.1, -0.05) is 0 Å². The molecule has 0 aliphatic heterocycles. The third-order valence-electron chi connectivity index (χ3n) is 4.75. The highest BCUT2D eigenvalue weighted by atomic mass is 19.3. The van der Waals surface area contributed by atoms with E-state index in [-0.39, 0.29) is 23.5 Å². The molecule has 0 aliphatic carbocycles. The van der Waals surface area contributed by atoms with Gasteiger partial charge in [-0.3, -0.25) is 4.98 Å². The van der Waals surface area contributed by atoms with Crippen LogP contribution in [0.3, 0.4) is 0 Å². The molecule has 0 saturated carbocycles. The smallest absolute Gasteiger partial charge is 0.314 e. The Hall–Kier alpha value is -3.90. The zero-order chi connectivity index (χ0) is 23.0. The topological polar surface area (TPSA) is 121 Å². The first-order valence-electron chi connectivity index (χ1n) is 9.25. The molecule has 0 fully saturated rings. The SMILES string of the molecule is CC(C)(c1cc(N)ccn1)c1nnn(Cc2c(F)cc(-c3nnc(C(F)F)o3)cc2F)n1. The Morgan fingerprint density at radius 2 is 1.81 bits per heavy atom. The Morgan fingerprint density at radius 3 is 2.44 bits per heavy atom. The van der Waals surface area contributed by atoms with Crippen molar-refractivity contribution in [1.29, 1.82) is 0 Å². The molecular formula is C19H16F4N8O. The molecule has 166 valence electrons. The Morgan fingerprint density at radius 1 is 1.09 bits per heavy atom. The third-order valence-corrected chi connectivity index (χ3v) is 4.75. The van der Waals surface area contributed by atoms with Crippen molar-refractivity contribution in [1.82, 2.24) is 35.4 Å². The van der Waals surface area contributed by atoms with Gasteiger partial charge in [-0.2, -0.15) is 13.6 Å². The number of tetrazole rings is 1. The molecule has 3 aromatic heterocycles. The first-order chi connectivity index (χ1) is 15.1. The van der Waals surface area contributed by atoms with Crippen molar-refractivity contribution in [2.45, 2.75) is 32.2 Å². The summed E-state index contributed by atoms with van der Waals surface area (Å²) in [5.74, 6) is -3.03. The fourth-order valence-electron chi connectivity index (χ4n) is 2.92. The second-order valence-corrected chi connectivity index (χ2v) is 7.41. The molecule has 1 aromatic carbocycles. The second kappa shape index (κ2) is 7.98. The van der Waals surface area contributed by atoms with Crippen LogP contribution in [0.4, 0.5) is 23.2 Å². The van der Waals surface area contributed by atoms with Crippen molar-refractivity contribution in [2.24, 2.45) is 0 Å². The van der Waals surface area contributed by atoms with Gasteiger partial charge in [-0.05, 0) is 43.3 Å². The Labute approximate surface area is 178 Å². The standard InChI is InChI=1S/C19H16F4N8O/c1-19(2,14-7-10(24)3-4-25-14)18-28-30-31(29-18)8-11-12(20)5-9(6-13(11)21)16-26-27-17(32-16)15(22)23/h3-7,15H,8H2,1-2H3,(H2,24,25).